The molecule has 0 aromatic rings. The van der Waals surface area contributed by atoms with Crippen LogP contribution < -0.4 is 51.4 Å². The Morgan fingerprint density at radius 3 is 1.71 bits per heavy atom. The number of thioether (sulfide) groups is 1. The maximum absolute atomic E-state index is 12.1. The third kappa shape index (κ3) is 8.09. The van der Waals surface area contributed by atoms with E-state index >= 15 is 0 Å². The van der Waals surface area contributed by atoms with Crippen molar-refractivity contribution in [3.05, 3.63) is 0 Å². The van der Waals surface area contributed by atoms with Crippen molar-refractivity contribution < 1.29 is 88.1 Å². The molecule has 0 saturated heterocycles. The van der Waals surface area contributed by atoms with Crippen LogP contribution >= 0.6 is 11.8 Å². The number of halogens is 4. The fourth-order valence-corrected chi connectivity index (χ4v) is 3.77. The molecule has 0 bridgehead atoms. The molecule has 2 aliphatic rings. The van der Waals surface area contributed by atoms with Gasteiger partial charge in [-0.3, -0.25) is 9.35 Å². The minimum absolute atomic E-state index is 0. The molecule has 4 nitrogen and oxygen atoms in total. The summed E-state index contributed by atoms with van der Waals surface area (Å²) in [6, 6.07) is 0. The van der Waals surface area contributed by atoms with E-state index in [2.05, 4.69) is 0 Å². The van der Waals surface area contributed by atoms with Gasteiger partial charge in [0.2, 0.25) is 5.92 Å². The fourth-order valence-electron chi connectivity index (χ4n) is 1.74. The molecule has 2 aliphatic carbocycles. The molecule has 0 unspecified atom stereocenters. The van der Waals surface area contributed by atoms with Crippen molar-refractivity contribution in [1.82, 2.24) is 0 Å². The largest absolute Gasteiger partial charge is 1.00 e. The van der Waals surface area contributed by atoms with Crippen LogP contribution in [0.3, 0.4) is 0 Å². The van der Waals surface area contributed by atoms with Gasteiger partial charge in [-0.1, -0.05) is 11.8 Å². The van der Waals surface area contributed by atoms with Gasteiger partial charge in [0.1, 0.15) is 0 Å². The second-order valence-electron chi connectivity index (χ2n) is 4.90. The third-order valence-electron chi connectivity index (χ3n) is 2.86. The van der Waals surface area contributed by atoms with Gasteiger partial charge in [0, 0.05) is 37.9 Å². The smallest absolute Gasteiger partial charge is 1.00 e. The van der Waals surface area contributed by atoms with Gasteiger partial charge >= 0.3 is 51.4 Å². The van der Waals surface area contributed by atoms with Crippen molar-refractivity contribution in [3.8, 4) is 0 Å². The molecule has 21 heavy (non-hydrogen) atoms. The van der Waals surface area contributed by atoms with Gasteiger partial charge in [0.05, 0.1) is 5.25 Å². The Bertz CT molecular complexity index is 473. The van der Waals surface area contributed by atoms with Crippen molar-refractivity contribution in [2.75, 3.05) is 0 Å². The van der Waals surface area contributed by atoms with E-state index in [9.17, 15) is 30.8 Å². The Hall–Kier alpha value is 1.29. The molecular weight excluding hydrogens is 363 g/mol. The Morgan fingerprint density at radius 1 is 1.14 bits per heavy atom. The maximum atomic E-state index is 12.1. The van der Waals surface area contributed by atoms with Crippen LogP contribution in [0.5, 0.6) is 0 Å². The first-order valence-electron chi connectivity index (χ1n) is 5.70. The summed E-state index contributed by atoms with van der Waals surface area (Å²) in [6.07, 6.45) is -1.74. The minimum atomic E-state index is -4.22. The number of carbonyl (C=O) groups excluding carboxylic acids is 1. The van der Waals surface area contributed by atoms with Crippen molar-refractivity contribution in [1.29, 1.82) is 0 Å². The van der Waals surface area contributed by atoms with Gasteiger partial charge in [0.15, 0.2) is 5.12 Å². The van der Waals surface area contributed by atoms with Gasteiger partial charge in [-0.25, -0.2) is 17.6 Å². The second-order valence-corrected chi connectivity index (χ2v) is 8.07. The molecule has 2 rings (SSSR count). The summed E-state index contributed by atoms with van der Waals surface area (Å²) in [5, 5.41) is -1.45. The molecule has 0 aromatic carbocycles. The Kier molecular flexibility index (Phi) is 8.39. The van der Waals surface area contributed by atoms with Crippen LogP contribution in [0.1, 0.15) is 34.0 Å². The zero-order valence-corrected chi connectivity index (χ0v) is 16.2. The summed E-state index contributed by atoms with van der Waals surface area (Å²) in [7, 11) is -4.22. The average Bonchev–Trinajstić information content (AvgIpc) is 2.09. The normalized spacial score (nSPS) is 23.7. The van der Waals surface area contributed by atoms with Crippen LogP contribution in [0, 0.1) is 0 Å². The molecule has 1 N–H and O–H groups in total. The van der Waals surface area contributed by atoms with E-state index < -0.39 is 40.1 Å². The minimum Gasteiger partial charge on any atom is -1.00 e. The summed E-state index contributed by atoms with van der Waals surface area (Å²) < 4.78 is 76.6. The van der Waals surface area contributed by atoms with Crippen LogP contribution in [0.2, 0.25) is 0 Å². The van der Waals surface area contributed by atoms with Crippen molar-refractivity contribution in [2.24, 2.45) is 0 Å². The SMILES string of the molecule is CC(=O)SC1CC(F)(F)C1.O=S(=O)(O)C1CC(F)(F)C1.[H-].[K+]. The molecule has 2 saturated carbocycles. The average molecular weight is 378 g/mol. The van der Waals surface area contributed by atoms with Gasteiger partial charge in [0.25, 0.3) is 16.0 Å². The van der Waals surface area contributed by atoms with Crippen molar-refractivity contribution in [3.63, 3.8) is 0 Å². The monoisotopic (exact) mass is 378 g/mol. The first kappa shape index (κ1) is 22.3. The van der Waals surface area contributed by atoms with Crippen LogP contribution in [-0.2, 0) is 14.9 Å². The topological polar surface area (TPSA) is 71.4 Å². The molecule has 0 amide bonds. The number of hydrogen-bond acceptors (Lipinski definition) is 4. The number of hydrogen-bond donors (Lipinski definition) is 1. The zero-order chi connectivity index (χ0) is 15.8. The number of carbonyl (C=O) groups is 1. The molecule has 0 atom stereocenters. The van der Waals surface area contributed by atoms with E-state index in [-0.39, 0.29) is 76.0 Å². The summed E-state index contributed by atoms with van der Waals surface area (Å²) in [5.74, 6) is -5.38. The Balaban J connectivity index is 0. The third-order valence-corrected chi connectivity index (χ3v) is 5.03. The molecule has 0 radical (unpaired) electrons. The molecule has 0 aliphatic heterocycles. The molecule has 0 aromatic heterocycles. The van der Waals surface area contributed by atoms with E-state index in [0.29, 0.717) is 0 Å². The summed E-state index contributed by atoms with van der Waals surface area (Å²) in [4.78, 5) is 10.4. The van der Waals surface area contributed by atoms with E-state index in [4.69, 9.17) is 4.55 Å². The Labute approximate surface area is 168 Å². The van der Waals surface area contributed by atoms with Crippen molar-refractivity contribution >= 4 is 27.0 Å². The molecular formula is C10H15F4KO4S2. The first-order chi connectivity index (χ1) is 8.81. The molecule has 0 heterocycles. The predicted octanol–water partition coefficient (Wildman–Crippen LogP) is -0.148. The van der Waals surface area contributed by atoms with Crippen LogP contribution in [0.4, 0.5) is 17.6 Å². The van der Waals surface area contributed by atoms with E-state index in [1.807, 2.05) is 0 Å². The van der Waals surface area contributed by atoms with E-state index in [0.717, 1.165) is 11.8 Å². The Morgan fingerprint density at radius 2 is 1.52 bits per heavy atom. The zero-order valence-electron chi connectivity index (χ0n) is 12.5. The molecule has 11 heteroatoms. The van der Waals surface area contributed by atoms with Gasteiger partial charge in [-0.15, -0.1) is 0 Å². The standard InChI is InChI=1S/C6H8F2OS.C4H6F2O3S.K.H/c1-4(9)10-5-2-6(7,8)3-5;5-4(6)1-3(2-4)10(7,8)9;;/h5H,2-3H2,1H3;3H,1-2H2,(H,7,8,9);;/q;;+1;-1. The van der Waals surface area contributed by atoms with Crippen LogP contribution in [0.25, 0.3) is 0 Å². The van der Waals surface area contributed by atoms with E-state index in [1.165, 1.54) is 6.92 Å². The summed E-state index contributed by atoms with van der Waals surface area (Å²) in [6.45, 7) is 1.40. The van der Waals surface area contributed by atoms with Gasteiger partial charge in [-0.05, 0) is 0 Å². The quantitative estimate of drug-likeness (QED) is 0.411. The van der Waals surface area contributed by atoms with Crippen molar-refractivity contribution in [2.45, 2.75) is 55.0 Å². The van der Waals surface area contributed by atoms with Gasteiger partial charge < -0.3 is 1.43 Å². The first-order valence-corrected chi connectivity index (χ1v) is 8.08. The molecule has 2 fully saturated rings. The van der Waals surface area contributed by atoms with Gasteiger partial charge in [-0.2, -0.15) is 8.42 Å². The predicted molar refractivity (Wildman–Crippen MR) is 66.9 cm³/mol. The second kappa shape index (κ2) is 7.91. The maximum Gasteiger partial charge on any atom is 1.00 e. The molecule has 0 spiro atoms. The van der Waals surface area contributed by atoms with Crippen LogP contribution in [-0.4, -0.2) is 40.4 Å². The van der Waals surface area contributed by atoms with E-state index in [1.54, 1.807) is 0 Å². The summed E-state index contributed by atoms with van der Waals surface area (Å²) >= 11 is 1.02. The summed E-state index contributed by atoms with van der Waals surface area (Å²) in [5.41, 5.74) is 0. The number of rotatable bonds is 2. The molecule has 120 valence electrons. The number of alkyl halides is 4. The fraction of sp³-hybridized carbons (Fsp3) is 0.900. The van der Waals surface area contributed by atoms with Crippen LogP contribution in [0.15, 0.2) is 0 Å².